The van der Waals surface area contributed by atoms with Gasteiger partial charge in [0, 0.05) is 18.5 Å². The minimum Gasteiger partial charge on any atom is -0.271 e. The molecule has 0 saturated carbocycles. The second-order valence-electron chi connectivity index (χ2n) is 5.35. The molecule has 0 aliphatic carbocycles. The predicted octanol–water partition coefficient (Wildman–Crippen LogP) is -0.332. The van der Waals surface area contributed by atoms with Gasteiger partial charge in [-0.15, -0.1) is 0 Å². The van der Waals surface area contributed by atoms with Crippen LogP contribution in [0.1, 0.15) is 32.1 Å². The highest BCUT2D eigenvalue weighted by atomic mass is 32.2. The van der Waals surface area contributed by atoms with Gasteiger partial charge in [-0.25, -0.2) is 18.1 Å². The summed E-state index contributed by atoms with van der Waals surface area (Å²) in [4.78, 5) is 4.24. The van der Waals surface area contributed by atoms with E-state index in [-0.39, 0.29) is 29.5 Å². The average molecular weight is 287 g/mol. The van der Waals surface area contributed by atoms with Crippen LogP contribution in [0.3, 0.4) is 0 Å². The summed E-state index contributed by atoms with van der Waals surface area (Å²) in [5, 5.41) is 4.18. The van der Waals surface area contributed by atoms with Crippen LogP contribution in [0, 0.1) is 5.92 Å². The van der Waals surface area contributed by atoms with Crippen LogP contribution < -0.4 is 11.3 Å². The van der Waals surface area contributed by atoms with E-state index >= 15 is 0 Å². The Balaban J connectivity index is 2.09. The summed E-state index contributed by atoms with van der Waals surface area (Å²) in [7, 11) is -2.89. The quantitative estimate of drug-likeness (QED) is 0.568. The zero-order valence-corrected chi connectivity index (χ0v) is 12.1. The molecule has 2 heterocycles. The minimum atomic E-state index is -2.89. The van der Waals surface area contributed by atoms with Crippen LogP contribution in [0.4, 0.5) is 0 Å². The largest absolute Gasteiger partial charge is 0.271 e. The predicted molar refractivity (Wildman–Crippen MR) is 72.0 cm³/mol. The summed E-state index contributed by atoms with van der Waals surface area (Å²) in [6.45, 7) is 4.06. The second kappa shape index (κ2) is 5.56. The number of nitrogens with zero attached hydrogens (tertiary/aromatic N) is 3. The molecule has 0 spiro atoms. The Labute approximate surface area is 113 Å². The monoisotopic (exact) mass is 287 g/mol. The Morgan fingerprint density at radius 1 is 1.58 bits per heavy atom. The summed E-state index contributed by atoms with van der Waals surface area (Å²) in [6.07, 6.45) is 2.77. The Hall–Kier alpha value is -0.990. The van der Waals surface area contributed by atoms with Crippen molar-refractivity contribution in [1.29, 1.82) is 0 Å². The number of aromatic nitrogens is 3. The lowest BCUT2D eigenvalue weighted by Gasteiger charge is -2.21. The fourth-order valence-corrected chi connectivity index (χ4v) is 4.43. The minimum absolute atomic E-state index is 0.0484. The molecule has 1 aromatic rings. The zero-order chi connectivity index (χ0) is 14.0. The lowest BCUT2D eigenvalue weighted by atomic mass is 9.96. The molecule has 0 amide bonds. The molecule has 0 radical (unpaired) electrons. The van der Waals surface area contributed by atoms with E-state index in [0.717, 1.165) is 5.82 Å². The highest BCUT2D eigenvalue weighted by Gasteiger charge is 2.34. The van der Waals surface area contributed by atoms with Gasteiger partial charge < -0.3 is 0 Å². The van der Waals surface area contributed by atoms with Gasteiger partial charge >= 0.3 is 0 Å². The van der Waals surface area contributed by atoms with Crippen molar-refractivity contribution in [2.75, 3.05) is 11.5 Å². The van der Waals surface area contributed by atoms with E-state index < -0.39 is 9.84 Å². The summed E-state index contributed by atoms with van der Waals surface area (Å²) in [5.74, 6) is 6.93. The maximum Gasteiger partial charge on any atom is 0.150 e. The molecular formula is C11H21N5O2S. The van der Waals surface area contributed by atoms with Crippen molar-refractivity contribution >= 4 is 9.84 Å². The first-order valence-corrected chi connectivity index (χ1v) is 8.30. The van der Waals surface area contributed by atoms with Gasteiger partial charge in [0.25, 0.3) is 0 Å². The van der Waals surface area contributed by atoms with Crippen LogP contribution in [-0.4, -0.2) is 40.7 Å². The van der Waals surface area contributed by atoms with Crippen molar-refractivity contribution in [2.24, 2.45) is 11.8 Å². The van der Waals surface area contributed by atoms with Crippen molar-refractivity contribution in [3.05, 3.63) is 12.2 Å². The summed E-state index contributed by atoms with van der Waals surface area (Å²) < 4.78 is 24.9. The maximum absolute atomic E-state index is 11.5. The molecule has 2 unspecified atom stereocenters. The molecule has 7 nitrogen and oxygen atoms in total. The van der Waals surface area contributed by atoms with Crippen LogP contribution in [-0.2, 0) is 16.3 Å². The first kappa shape index (κ1) is 14.4. The molecule has 19 heavy (non-hydrogen) atoms. The molecule has 1 saturated heterocycles. The third kappa shape index (κ3) is 3.31. The van der Waals surface area contributed by atoms with Gasteiger partial charge in [-0.1, -0.05) is 0 Å². The SMILES string of the molecule is CC(C)n1ncnc1CC(NN)C1CCS(=O)(=O)C1. The van der Waals surface area contributed by atoms with Crippen molar-refractivity contribution in [3.8, 4) is 0 Å². The first-order chi connectivity index (χ1) is 8.93. The molecule has 1 aliphatic rings. The van der Waals surface area contributed by atoms with Gasteiger partial charge in [-0.3, -0.25) is 11.3 Å². The summed E-state index contributed by atoms with van der Waals surface area (Å²) >= 11 is 0. The van der Waals surface area contributed by atoms with E-state index in [9.17, 15) is 8.42 Å². The van der Waals surface area contributed by atoms with Crippen LogP contribution in [0.2, 0.25) is 0 Å². The van der Waals surface area contributed by atoms with Crippen LogP contribution in [0.15, 0.2) is 6.33 Å². The van der Waals surface area contributed by atoms with Crippen molar-refractivity contribution in [2.45, 2.75) is 38.8 Å². The fraction of sp³-hybridized carbons (Fsp3) is 0.818. The summed E-state index contributed by atoms with van der Waals surface area (Å²) in [6, 6.07) is 0.141. The average Bonchev–Trinajstić information content (AvgIpc) is 2.92. The Morgan fingerprint density at radius 2 is 2.32 bits per heavy atom. The number of nitrogens with two attached hydrogens (primary N) is 1. The summed E-state index contributed by atoms with van der Waals surface area (Å²) in [5.41, 5.74) is 2.74. The van der Waals surface area contributed by atoms with Gasteiger partial charge in [0.05, 0.1) is 11.5 Å². The van der Waals surface area contributed by atoms with E-state index in [1.54, 1.807) is 0 Å². The molecule has 0 aromatic carbocycles. The Kier molecular flexibility index (Phi) is 4.22. The van der Waals surface area contributed by atoms with E-state index in [1.807, 2.05) is 18.5 Å². The fourth-order valence-electron chi connectivity index (χ4n) is 2.55. The number of sulfone groups is 1. The van der Waals surface area contributed by atoms with Gasteiger partial charge in [0.1, 0.15) is 12.2 Å². The number of rotatable bonds is 5. The zero-order valence-electron chi connectivity index (χ0n) is 11.3. The van der Waals surface area contributed by atoms with Crippen LogP contribution >= 0.6 is 0 Å². The first-order valence-electron chi connectivity index (χ1n) is 6.48. The number of hydrogen-bond acceptors (Lipinski definition) is 6. The smallest absolute Gasteiger partial charge is 0.150 e. The van der Waals surface area contributed by atoms with Gasteiger partial charge in [0.15, 0.2) is 9.84 Å². The molecule has 1 aromatic heterocycles. The van der Waals surface area contributed by atoms with E-state index in [0.29, 0.717) is 12.8 Å². The van der Waals surface area contributed by atoms with Crippen LogP contribution in [0.5, 0.6) is 0 Å². The van der Waals surface area contributed by atoms with Crippen molar-refractivity contribution < 1.29 is 8.42 Å². The highest BCUT2D eigenvalue weighted by molar-refractivity contribution is 7.91. The molecule has 2 atom stereocenters. The Bertz CT molecular complexity index is 525. The molecule has 0 bridgehead atoms. The van der Waals surface area contributed by atoms with E-state index in [1.165, 1.54) is 6.33 Å². The van der Waals surface area contributed by atoms with Gasteiger partial charge in [-0.2, -0.15) is 5.10 Å². The normalized spacial score (nSPS) is 23.9. The van der Waals surface area contributed by atoms with Crippen molar-refractivity contribution in [3.63, 3.8) is 0 Å². The lowest BCUT2D eigenvalue weighted by molar-refractivity contribution is 0.367. The number of hydrogen-bond donors (Lipinski definition) is 2. The molecule has 1 aliphatic heterocycles. The standard InChI is InChI=1S/C11H21N5O2S/c1-8(2)16-11(13-7-14-16)5-10(15-12)9-3-4-19(17,18)6-9/h7-10,15H,3-6,12H2,1-2H3. The van der Waals surface area contributed by atoms with E-state index in [2.05, 4.69) is 15.5 Å². The number of nitrogens with one attached hydrogen (secondary N) is 1. The third-order valence-corrected chi connectivity index (χ3v) is 5.38. The van der Waals surface area contributed by atoms with Crippen LogP contribution in [0.25, 0.3) is 0 Å². The second-order valence-corrected chi connectivity index (χ2v) is 7.58. The third-order valence-electron chi connectivity index (χ3n) is 3.59. The topological polar surface area (TPSA) is 103 Å². The van der Waals surface area contributed by atoms with Gasteiger partial charge in [-0.05, 0) is 26.2 Å². The molecule has 2 rings (SSSR count). The Morgan fingerprint density at radius 3 is 2.84 bits per heavy atom. The lowest BCUT2D eigenvalue weighted by Crippen LogP contribution is -2.43. The highest BCUT2D eigenvalue weighted by Crippen LogP contribution is 2.23. The molecule has 108 valence electrons. The molecule has 1 fully saturated rings. The molecule has 3 N–H and O–H groups in total. The molecular weight excluding hydrogens is 266 g/mol. The number of hydrazine groups is 1. The van der Waals surface area contributed by atoms with Gasteiger partial charge in [0.2, 0.25) is 0 Å². The van der Waals surface area contributed by atoms with Crippen molar-refractivity contribution in [1.82, 2.24) is 20.2 Å². The van der Waals surface area contributed by atoms with E-state index in [4.69, 9.17) is 5.84 Å². The molecule has 8 heteroatoms. The maximum atomic E-state index is 11.5.